The molecule has 0 aliphatic rings. The lowest BCUT2D eigenvalue weighted by atomic mass is 10.2. The zero-order valence-corrected chi connectivity index (χ0v) is 12.5. The molecule has 0 atom stereocenters. The number of nitrogens with zero attached hydrogens (tertiary/aromatic N) is 2. The highest BCUT2D eigenvalue weighted by Gasteiger charge is 2.10. The van der Waals surface area contributed by atoms with Crippen molar-refractivity contribution in [2.45, 2.75) is 6.92 Å². The molecule has 1 aromatic heterocycles. The van der Waals surface area contributed by atoms with Gasteiger partial charge in [0.2, 0.25) is 0 Å². The smallest absolute Gasteiger partial charge is 0.252 e. The van der Waals surface area contributed by atoms with E-state index < -0.39 is 0 Å². The van der Waals surface area contributed by atoms with Crippen LogP contribution in [-0.2, 0) is 4.79 Å². The molecule has 0 bridgehead atoms. The molecule has 0 fully saturated rings. The van der Waals surface area contributed by atoms with E-state index in [-0.39, 0.29) is 5.91 Å². The fourth-order valence-corrected chi connectivity index (χ4v) is 2.36. The standard InChI is InChI=1S/C15H16N2O2S/c1-11-10-20-15(16-11)17(2)14(18)9-6-12-4-7-13(19-3)8-5-12/h4-10H,1-3H3/b9-6+. The van der Waals surface area contributed by atoms with Crippen LogP contribution in [0.2, 0.25) is 0 Å². The van der Waals surface area contributed by atoms with Crippen molar-refractivity contribution in [2.75, 3.05) is 19.1 Å². The van der Waals surface area contributed by atoms with Crippen LogP contribution in [0.15, 0.2) is 35.7 Å². The molecule has 2 rings (SSSR count). The second kappa shape index (κ2) is 6.34. The van der Waals surface area contributed by atoms with Crippen LogP contribution in [0.5, 0.6) is 5.75 Å². The van der Waals surface area contributed by atoms with Crippen molar-refractivity contribution in [1.82, 2.24) is 4.98 Å². The Morgan fingerprint density at radius 3 is 2.60 bits per heavy atom. The number of hydrogen-bond donors (Lipinski definition) is 0. The van der Waals surface area contributed by atoms with Crippen LogP contribution in [0, 0.1) is 6.92 Å². The van der Waals surface area contributed by atoms with Crippen LogP contribution >= 0.6 is 11.3 Å². The molecule has 1 aromatic carbocycles. The van der Waals surface area contributed by atoms with Gasteiger partial charge in [-0.1, -0.05) is 12.1 Å². The third-order valence-electron chi connectivity index (χ3n) is 2.76. The number of hydrogen-bond acceptors (Lipinski definition) is 4. The van der Waals surface area contributed by atoms with Crippen molar-refractivity contribution in [3.05, 3.63) is 47.0 Å². The summed E-state index contributed by atoms with van der Waals surface area (Å²) in [6.45, 7) is 1.91. The topological polar surface area (TPSA) is 42.4 Å². The van der Waals surface area contributed by atoms with Gasteiger partial charge in [-0.05, 0) is 30.7 Å². The van der Waals surface area contributed by atoms with Gasteiger partial charge in [0, 0.05) is 18.5 Å². The maximum Gasteiger partial charge on any atom is 0.252 e. The lowest BCUT2D eigenvalue weighted by molar-refractivity contribution is -0.113. The predicted molar refractivity (Wildman–Crippen MR) is 82.3 cm³/mol. The molecule has 2 aromatic rings. The van der Waals surface area contributed by atoms with E-state index in [2.05, 4.69) is 4.98 Å². The average Bonchev–Trinajstić information content (AvgIpc) is 2.91. The fourth-order valence-electron chi connectivity index (χ4n) is 1.58. The highest BCUT2D eigenvalue weighted by atomic mass is 32.1. The fraction of sp³-hybridized carbons (Fsp3) is 0.200. The molecule has 1 amide bonds. The number of thiazole rings is 1. The van der Waals surface area contributed by atoms with Crippen molar-refractivity contribution < 1.29 is 9.53 Å². The molecule has 4 nitrogen and oxygen atoms in total. The summed E-state index contributed by atoms with van der Waals surface area (Å²) in [5, 5.41) is 2.62. The zero-order valence-electron chi connectivity index (χ0n) is 11.7. The van der Waals surface area contributed by atoms with E-state index in [9.17, 15) is 4.79 Å². The van der Waals surface area contributed by atoms with Gasteiger partial charge in [-0.3, -0.25) is 9.69 Å². The average molecular weight is 288 g/mol. The number of rotatable bonds is 4. The number of likely N-dealkylation sites (N-methyl/N-ethyl adjacent to an activating group) is 1. The number of benzene rings is 1. The summed E-state index contributed by atoms with van der Waals surface area (Å²) in [6.07, 6.45) is 3.32. The third-order valence-corrected chi connectivity index (χ3v) is 3.79. The first kappa shape index (κ1) is 14.3. The minimum atomic E-state index is -0.102. The lowest BCUT2D eigenvalue weighted by Gasteiger charge is -2.10. The zero-order chi connectivity index (χ0) is 14.5. The van der Waals surface area contributed by atoms with Crippen LogP contribution in [-0.4, -0.2) is 25.0 Å². The van der Waals surface area contributed by atoms with Crippen molar-refractivity contribution in [3.8, 4) is 5.75 Å². The van der Waals surface area contributed by atoms with Crippen molar-refractivity contribution >= 4 is 28.5 Å². The van der Waals surface area contributed by atoms with Gasteiger partial charge in [-0.25, -0.2) is 4.98 Å². The van der Waals surface area contributed by atoms with Gasteiger partial charge in [0.25, 0.3) is 5.91 Å². The minimum absolute atomic E-state index is 0.102. The number of ether oxygens (including phenoxy) is 1. The first-order chi connectivity index (χ1) is 9.60. The molecule has 1 heterocycles. The predicted octanol–water partition coefficient (Wildman–Crippen LogP) is 3.14. The first-order valence-electron chi connectivity index (χ1n) is 6.12. The summed E-state index contributed by atoms with van der Waals surface area (Å²) in [7, 11) is 3.35. The minimum Gasteiger partial charge on any atom is -0.497 e. The summed E-state index contributed by atoms with van der Waals surface area (Å²) in [5.74, 6) is 0.694. The lowest BCUT2D eigenvalue weighted by Crippen LogP contribution is -2.23. The Bertz CT molecular complexity index is 617. The first-order valence-corrected chi connectivity index (χ1v) is 7.00. The number of aromatic nitrogens is 1. The monoisotopic (exact) mass is 288 g/mol. The number of aryl methyl sites for hydroxylation is 1. The van der Waals surface area contributed by atoms with Gasteiger partial charge >= 0.3 is 0 Å². The van der Waals surface area contributed by atoms with Gasteiger partial charge < -0.3 is 4.74 Å². The third kappa shape index (κ3) is 3.45. The van der Waals surface area contributed by atoms with Gasteiger partial charge in [0.05, 0.1) is 12.8 Å². The molecular formula is C15H16N2O2S. The number of anilines is 1. The second-order valence-electron chi connectivity index (χ2n) is 4.28. The highest BCUT2D eigenvalue weighted by molar-refractivity contribution is 7.14. The van der Waals surface area contributed by atoms with E-state index in [0.717, 1.165) is 17.0 Å². The molecule has 20 heavy (non-hydrogen) atoms. The van der Waals surface area contributed by atoms with Crippen LogP contribution < -0.4 is 9.64 Å². The Kier molecular flexibility index (Phi) is 4.53. The van der Waals surface area contributed by atoms with E-state index in [0.29, 0.717) is 5.13 Å². The molecule has 5 heteroatoms. The second-order valence-corrected chi connectivity index (χ2v) is 5.11. The summed E-state index contributed by atoms with van der Waals surface area (Å²) >= 11 is 1.46. The Morgan fingerprint density at radius 1 is 1.35 bits per heavy atom. The Hall–Kier alpha value is -2.14. The number of carbonyl (C=O) groups excluding carboxylic acids is 1. The van der Waals surface area contributed by atoms with E-state index in [1.54, 1.807) is 26.3 Å². The van der Waals surface area contributed by atoms with Gasteiger partial charge in [-0.2, -0.15) is 0 Å². The SMILES string of the molecule is COc1ccc(/C=C/C(=O)N(C)c2nc(C)cs2)cc1. The van der Waals surface area contributed by atoms with E-state index in [4.69, 9.17) is 4.74 Å². The molecule has 0 aliphatic carbocycles. The van der Waals surface area contributed by atoms with Crippen molar-refractivity contribution in [3.63, 3.8) is 0 Å². The molecule has 104 valence electrons. The van der Waals surface area contributed by atoms with Crippen LogP contribution in [0.25, 0.3) is 6.08 Å². The van der Waals surface area contributed by atoms with Crippen LogP contribution in [0.1, 0.15) is 11.3 Å². The molecular weight excluding hydrogens is 272 g/mol. The summed E-state index contributed by atoms with van der Waals surface area (Å²) in [6, 6.07) is 7.52. The summed E-state index contributed by atoms with van der Waals surface area (Å²) in [5.41, 5.74) is 1.87. The van der Waals surface area contributed by atoms with E-state index in [1.165, 1.54) is 16.2 Å². The highest BCUT2D eigenvalue weighted by Crippen LogP contribution is 2.19. The van der Waals surface area contributed by atoms with Gasteiger partial charge in [0.15, 0.2) is 5.13 Å². The van der Waals surface area contributed by atoms with E-state index in [1.807, 2.05) is 36.6 Å². The maximum absolute atomic E-state index is 12.0. The Labute approximate surface area is 122 Å². The van der Waals surface area contributed by atoms with E-state index >= 15 is 0 Å². The molecule has 0 unspecified atom stereocenters. The molecule has 0 aliphatic heterocycles. The number of carbonyl (C=O) groups is 1. The Balaban J connectivity index is 2.04. The summed E-state index contributed by atoms with van der Waals surface area (Å²) in [4.78, 5) is 17.9. The number of methoxy groups -OCH3 is 1. The largest absolute Gasteiger partial charge is 0.497 e. The molecule has 0 saturated carbocycles. The normalized spacial score (nSPS) is 10.8. The summed E-state index contributed by atoms with van der Waals surface area (Å²) < 4.78 is 5.09. The van der Waals surface area contributed by atoms with Crippen molar-refractivity contribution in [1.29, 1.82) is 0 Å². The number of amides is 1. The van der Waals surface area contributed by atoms with Gasteiger partial charge in [-0.15, -0.1) is 11.3 Å². The quantitative estimate of drug-likeness (QED) is 0.812. The van der Waals surface area contributed by atoms with Gasteiger partial charge in [0.1, 0.15) is 5.75 Å². The molecule has 0 radical (unpaired) electrons. The van der Waals surface area contributed by atoms with Crippen molar-refractivity contribution in [2.24, 2.45) is 0 Å². The van der Waals surface area contributed by atoms with Crippen LogP contribution in [0.4, 0.5) is 5.13 Å². The molecule has 0 saturated heterocycles. The maximum atomic E-state index is 12.0. The molecule has 0 spiro atoms. The molecule has 0 N–H and O–H groups in total. The Morgan fingerprint density at radius 2 is 2.05 bits per heavy atom. The van der Waals surface area contributed by atoms with Crippen LogP contribution in [0.3, 0.4) is 0 Å².